The van der Waals surface area contributed by atoms with E-state index in [2.05, 4.69) is 0 Å². The predicted octanol–water partition coefficient (Wildman–Crippen LogP) is 1.64. The molecule has 0 unspecified atom stereocenters. The van der Waals surface area contributed by atoms with Crippen LogP contribution in [0.15, 0.2) is 11.6 Å². The average Bonchev–Trinajstić information content (AvgIpc) is 1.91. The topological polar surface area (TPSA) is 17.1 Å². The van der Waals surface area contributed by atoms with Gasteiger partial charge in [-0.1, -0.05) is 5.57 Å². The van der Waals surface area contributed by atoms with E-state index >= 15 is 0 Å². The van der Waals surface area contributed by atoms with Crippen molar-refractivity contribution in [2.75, 3.05) is 11.5 Å². The van der Waals surface area contributed by atoms with E-state index in [0.717, 1.165) is 19.1 Å². The summed E-state index contributed by atoms with van der Waals surface area (Å²) >= 11 is 1.97. The third kappa shape index (κ3) is 2.22. The highest BCUT2D eigenvalue weighted by Crippen LogP contribution is 2.20. The van der Waals surface area contributed by atoms with Crippen molar-refractivity contribution in [1.29, 1.82) is 0 Å². The number of hydrogen-bond donors (Lipinski definition) is 0. The molecule has 0 N–H and O–H groups in total. The quantitative estimate of drug-likeness (QED) is 0.409. The molecule has 0 aromatic rings. The number of hydrogen-bond acceptors (Lipinski definition) is 2. The van der Waals surface area contributed by atoms with E-state index in [0.29, 0.717) is 0 Å². The second-order valence-corrected chi connectivity index (χ2v) is 3.30. The molecule has 1 aliphatic heterocycles. The average molecular weight is 142 g/mol. The predicted molar refractivity (Wildman–Crippen MR) is 40.7 cm³/mol. The molecule has 0 aromatic heterocycles. The van der Waals surface area contributed by atoms with Crippen LogP contribution < -0.4 is 0 Å². The van der Waals surface area contributed by atoms with Gasteiger partial charge in [0.2, 0.25) is 0 Å². The minimum atomic E-state index is 0.894. The Morgan fingerprint density at radius 3 is 2.56 bits per heavy atom. The summed E-state index contributed by atoms with van der Waals surface area (Å²) in [5.74, 6) is 2.39. The molecule has 1 aliphatic rings. The van der Waals surface area contributed by atoms with Crippen LogP contribution in [0.2, 0.25) is 0 Å². The maximum Gasteiger partial charge on any atom is 0.142 e. The van der Waals surface area contributed by atoms with Gasteiger partial charge in [-0.05, 0) is 30.4 Å². The van der Waals surface area contributed by atoms with Crippen LogP contribution in [-0.4, -0.2) is 17.8 Å². The second-order valence-electron chi connectivity index (χ2n) is 2.07. The Balaban J connectivity index is 2.39. The first-order chi connectivity index (χ1) is 4.43. The maximum absolute atomic E-state index is 9.99. The molecular formula is C7H10OS. The van der Waals surface area contributed by atoms with Gasteiger partial charge in [0.15, 0.2) is 0 Å². The molecule has 50 valence electrons. The van der Waals surface area contributed by atoms with Crippen molar-refractivity contribution < 1.29 is 4.79 Å². The largest absolute Gasteiger partial charge is 0.299 e. The molecule has 0 spiro atoms. The molecule has 0 amide bonds. The zero-order chi connectivity index (χ0) is 6.53. The van der Waals surface area contributed by atoms with Gasteiger partial charge in [-0.25, -0.2) is 0 Å². The SMILES string of the molecule is O=CC=C1CCSCC1. The van der Waals surface area contributed by atoms with Gasteiger partial charge in [-0.2, -0.15) is 11.8 Å². The first-order valence-corrected chi connectivity index (χ1v) is 4.30. The fraction of sp³-hybridized carbons (Fsp3) is 0.571. The van der Waals surface area contributed by atoms with E-state index < -0.39 is 0 Å². The molecule has 0 bridgehead atoms. The van der Waals surface area contributed by atoms with Crippen molar-refractivity contribution in [3.05, 3.63) is 11.6 Å². The van der Waals surface area contributed by atoms with E-state index in [1.165, 1.54) is 17.1 Å². The third-order valence-electron chi connectivity index (χ3n) is 1.44. The molecule has 1 nitrogen and oxygen atoms in total. The van der Waals surface area contributed by atoms with Crippen molar-refractivity contribution >= 4 is 18.0 Å². The van der Waals surface area contributed by atoms with Crippen molar-refractivity contribution in [1.82, 2.24) is 0 Å². The molecule has 1 saturated heterocycles. The van der Waals surface area contributed by atoms with Crippen molar-refractivity contribution in [3.8, 4) is 0 Å². The Bertz CT molecular complexity index is 121. The highest BCUT2D eigenvalue weighted by atomic mass is 32.2. The van der Waals surface area contributed by atoms with Crippen LogP contribution >= 0.6 is 11.8 Å². The van der Waals surface area contributed by atoms with Crippen LogP contribution in [0.3, 0.4) is 0 Å². The Hall–Kier alpha value is -0.240. The summed E-state index contributed by atoms with van der Waals surface area (Å²) in [6.45, 7) is 0. The fourth-order valence-electron chi connectivity index (χ4n) is 0.896. The van der Waals surface area contributed by atoms with Gasteiger partial charge >= 0.3 is 0 Å². The van der Waals surface area contributed by atoms with Gasteiger partial charge in [-0.3, -0.25) is 4.79 Å². The summed E-state index contributed by atoms with van der Waals surface area (Å²) in [7, 11) is 0. The number of allylic oxidation sites excluding steroid dienone is 2. The lowest BCUT2D eigenvalue weighted by Crippen LogP contribution is -1.97. The van der Waals surface area contributed by atoms with E-state index in [4.69, 9.17) is 0 Å². The summed E-state index contributed by atoms with van der Waals surface area (Å²) in [6.07, 6.45) is 4.83. The fourth-order valence-corrected chi connectivity index (χ4v) is 1.91. The molecule has 2 heteroatoms. The molecule has 0 atom stereocenters. The summed E-state index contributed by atoms with van der Waals surface area (Å²) in [5, 5.41) is 0. The lowest BCUT2D eigenvalue weighted by atomic mass is 10.1. The standard InChI is InChI=1S/C7H10OS/c8-4-1-7-2-5-9-6-3-7/h1,4H,2-3,5-6H2. The summed E-state index contributed by atoms with van der Waals surface area (Å²) in [6, 6.07) is 0. The zero-order valence-electron chi connectivity index (χ0n) is 5.30. The van der Waals surface area contributed by atoms with E-state index in [1.54, 1.807) is 6.08 Å². The number of carbonyl (C=O) groups is 1. The normalized spacial score (nSPS) is 19.3. The van der Waals surface area contributed by atoms with Crippen molar-refractivity contribution in [3.63, 3.8) is 0 Å². The second kappa shape index (κ2) is 3.72. The van der Waals surface area contributed by atoms with E-state index in [9.17, 15) is 4.79 Å². The smallest absolute Gasteiger partial charge is 0.142 e. The van der Waals surface area contributed by atoms with Gasteiger partial charge in [0.25, 0.3) is 0 Å². The molecule has 0 radical (unpaired) electrons. The summed E-state index contributed by atoms with van der Waals surface area (Å²) < 4.78 is 0. The third-order valence-corrected chi connectivity index (χ3v) is 2.42. The minimum absolute atomic E-state index is 0.894. The van der Waals surface area contributed by atoms with Crippen LogP contribution in [-0.2, 0) is 4.79 Å². The minimum Gasteiger partial charge on any atom is -0.299 e. The lowest BCUT2D eigenvalue weighted by Gasteiger charge is -2.11. The van der Waals surface area contributed by atoms with Crippen LogP contribution in [0, 0.1) is 0 Å². The highest BCUT2D eigenvalue weighted by molar-refractivity contribution is 7.99. The van der Waals surface area contributed by atoms with Crippen LogP contribution in [0.4, 0.5) is 0 Å². The molecular weight excluding hydrogens is 132 g/mol. The van der Waals surface area contributed by atoms with Crippen molar-refractivity contribution in [2.24, 2.45) is 0 Å². The van der Waals surface area contributed by atoms with Gasteiger partial charge in [0.05, 0.1) is 0 Å². The van der Waals surface area contributed by atoms with E-state index in [1.807, 2.05) is 11.8 Å². The molecule has 0 aromatic carbocycles. The molecule has 1 rings (SSSR count). The number of carbonyl (C=O) groups excluding carboxylic acids is 1. The van der Waals surface area contributed by atoms with Crippen LogP contribution in [0.25, 0.3) is 0 Å². The molecule has 0 aliphatic carbocycles. The Morgan fingerprint density at radius 2 is 2.00 bits per heavy atom. The number of aldehydes is 1. The summed E-state index contributed by atoms with van der Waals surface area (Å²) in [5.41, 5.74) is 1.32. The number of rotatable bonds is 1. The summed E-state index contributed by atoms with van der Waals surface area (Å²) in [4.78, 5) is 9.99. The molecule has 1 heterocycles. The highest BCUT2D eigenvalue weighted by Gasteiger charge is 2.03. The maximum atomic E-state index is 9.99. The van der Waals surface area contributed by atoms with Crippen molar-refractivity contribution in [2.45, 2.75) is 12.8 Å². The Labute approximate surface area is 59.5 Å². The van der Waals surface area contributed by atoms with Gasteiger partial charge < -0.3 is 0 Å². The molecule has 0 saturated carbocycles. The van der Waals surface area contributed by atoms with Gasteiger partial charge in [-0.15, -0.1) is 0 Å². The Kier molecular flexibility index (Phi) is 2.84. The van der Waals surface area contributed by atoms with Gasteiger partial charge in [0, 0.05) is 0 Å². The van der Waals surface area contributed by atoms with Gasteiger partial charge in [0.1, 0.15) is 6.29 Å². The first-order valence-electron chi connectivity index (χ1n) is 3.14. The molecule has 9 heavy (non-hydrogen) atoms. The Morgan fingerprint density at radius 1 is 1.33 bits per heavy atom. The van der Waals surface area contributed by atoms with Crippen LogP contribution in [0.1, 0.15) is 12.8 Å². The first kappa shape index (κ1) is 6.87. The number of thioether (sulfide) groups is 1. The lowest BCUT2D eigenvalue weighted by molar-refractivity contribution is -0.104. The molecule has 1 fully saturated rings. The van der Waals surface area contributed by atoms with Crippen LogP contribution in [0.5, 0.6) is 0 Å². The van der Waals surface area contributed by atoms with E-state index in [-0.39, 0.29) is 0 Å². The monoisotopic (exact) mass is 142 g/mol. The zero-order valence-corrected chi connectivity index (χ0v) is 6.12.